The standard InChI is InChI=1S/C7H8N2O3/c1-12-7(10)3-2-6-8-4-5-9(6)11/h2-5,11H,1H3/b3-2+. The van der Waals surface area contributed by atoms with Crippen molar-refractivity contribution in [1.29, 1.82) is 0 Å². The van der Waals surface area contributed by atoms with E-state index < -0.39 is 5.97 Å². The molecule has 1 N–H and O–H groups in total. The molecule has 0 aliphatic heterocycles. The molecule has 0 saturated carbocycles. The van der Waals surface area contributed by atoms with Gasteiger partial charge in [0.05, 0.1) is 13.3 Å². The molecule has 5 nitrogen and oxygen atoms in total. The van der Waals surface area contributed by atoms with Gasteiger partial charge in [0.1, 0.15) is 0 Å². The molecule has 0 saturated heterocycles. The van der Waals surface area contributed by atoms with Gasteiger partial charge >= 0.3 is 5.97 Å². The van der Waals surface area contributed by atoms with E-state index in [1.807, 2.05) is 0 Å². The molecule has 0 aliphatic rings. The number of hydrogen-bond donors (Lipinski definition) is 1. The van der Waals surface area contributed by atoms with Crippen molar-refractivity contribution in [3.05, 3.63) is 24.3 Å². The highest BCUT2D eigenvalue weighted by Gasteiger charge is 1.96. The van der Waals surface area contributed by atoms with Gasteiger partial charge in [-0.2, -0.15) is 4.73 Å². The first-order chi connectivity index (χ1) is 5.74. The highest BCUT2D eigenvalue weighted by Crippen LogP contribution is 1.96. The number of methoxy groups -OCH3 is 1. The molecular formula is C7H8N2O3. The summed E-state index contributed by atoms with van der Waals surface area (Å²) >= 11 is 0. The molecule has 1 heterocycles. The van der Waals surface area contributed by atoms with Gasteiger partial charge in [-0.1, -0.05) is 0 Å². The van der Waals surface area contributed by atoms with Crippen LogP contribution in [0.15, 0.2) is 18.5 Å². The summed E-state index contributed by atoms with van der Waals surface area (Å²) in [6, 6.07) is 0. The molecule has 0 atom stereocenters. The van der Waals surface area contributed by atoms with Gasteiger partial charge in [-0.25, -0.2) is 9.78 Å². The summed E-state index contributed by atoms with van der Waals surface area (Å²) in [4.78, 5) is 14.3. The van der Waals surface area contributed by atoms with Crippen molar-refractivity contribution in [1.82, 2.24) is 9.71 Å². The van der Waals surface area contributed by atoms with Crippen LogP contribution in [-0.4, -0.2) is 28.0 Å². The highest BCUT2D eigenvalue weighted by molar-refractivity contribution is 5.86. The van der Waals surface area contributed by atoms with E-state index in [-0.39, 0.29) is 5.82 Å². The quantitative estimate of drug-likeness (QED) is 0.392. The fraction of sp³-hybridized carbons (Fsp3) is 0.143. The first kappa shape index (κ1) is 8.32. The minimum atomic E-state index is -0.488. The van der Waals surface area contributed by atoms with Gasteiger partial charge in [0.25, 0.3) is 0 Å². The Kier molecular flexibility index (Phi) is 2.47. The molecule has 0 spiro atoms. The van der Waals surface area contributed by atoms with Crippen molar-refractivity contribution in [2.45, 2.75) is 0 Å². The van der Waals surface area contributed by atoms with Crippen LogP contribution >= 0.6 is 0 Å². The van der Waals surface area contributed by atoms with E-state index in [1.165, 1.54) is 31.7 Å². The fourth-order valence-electron chi connectivity index (χ4n) is 0.638. The van der Waals surface area contributed by atoms with Gasteiger partial charge in [-0.3, -0.25) is 0 Å². The number of aromatic nitrogens is 2. The van der Waals surface area contributed by atoms with Crippen LogP contribution in [0.4, 0.5) is 0 Å². The number of esters is 1. The smallest absolute Gasteiger partial charge is 0.330 e. The second-order valence-corrected chi connectivity index (χ2v) is 1.99. The normalized spacial score (nSPS) is 10.4. The molecule has 1 aromatic rings. The third-order valence-electron chi connectivity index (χ3n) is 1.22. The van der Waals surface area contributed by atoms with Crippen LogP contribution in [0.5, 0.6) is 0 Å². The van der Waals surface area contributed by atoms with Crippen molar-refractivity contribution in [3.63, 3.8) is 0 Å². The predicted molar refractivity (Wildman–Crippen MR) is 40.5 cm³/mol. The molecule has 0 unspecified atom stereocenters. The zero-order chi connectivity index (χ0) is 8.97. The third-order valence-corrected chi connectivity index (χ3v) is 1.22. The average Bonchev–Trinajstić information content (AvgIpc) is 2.47. The van der Waals surface area contributed by atoms with Gasteiger partial charge in [0.15, 0.2) is 5.82 Å². The Labute approximate surface area is 68.9 Å². The molecule has 64 valence electrons. The van der Waals surface area contributed by atoms with Crippen LogP contribution in [0.2, 0.25) is 0 Å². The van der Waals surface area contributed by atoms with E-state index in [4.69, 9.17) is 5.21 Å². The van der Waals surface area contributed by atoms with Crippen LogP contribution in [0.25, 0.3) is 6.08 Å². The molecule has 0 aliphatic carbocycles. The van der Waals surface area contributed by atoms with E-state index >= 15 is 0 Å². The lowest BCUT2D eigenvalue weighted by Crippen LogP contribution is -1.96. The van der Waals surface area contributed by atoms with E-state index in [0.717, 1.165) is 4.73 Å². The van der Waals surface area contributed by atoms with Crippen molar-refractivity contribution >= 4 is 12.0 Å². The molecule has 1 aromatic heterocycles. The monoisotopic (exact) mass is 168 g/mol. The maximum absolute atomic E-state index is 10.6. The maximum Gasteiger partial charge on any atom is 0.330 e. The minimum absolute atomic E-state index is 0.278. The van der Waals surface area contributed by atoms with Crippen molar-refractivity contribution in [2.24, 2.45) is 0 Å². The maximum atomic E-state index is 10.6. The van der Waals surface area contributed by atoms with Crippen LogP contribution < -0.4 is 0 Å². The zero-order valence-corrected chi connectivity index (χ0v) is 6.47. The van der Waals surface area contributed by atoms with Crippen LogP contribution in [0.1, 0.15) is 5.82 Å². The van der Waals surface area contributed by atoms with E-state index in [0.29, 0.717) is 0 Å². The Morgan fingerprint density at radius 3 is 3.08 bits per heavy atom. The second kappa shape index (κ2) is 3.56. The van der Waals surface area contributed by atoms with Crippen molar-refractivity contribution < 1.29 is 14.7 Å². The summed E-state index contributed by atoms with van der Waals surface area (Å²) in [5.41, 5.74) is 0. The van der Waals surface area contributed by atoms with Gasteiger partial charge in [0.2, 0.25) is 0 Å². The molecule has 1 rings (SSSR count). The largest absolute Gasteiger partial charge is 0.466 e. The molecule has 5 heteroatoms. The Hall–Kier alpha value is -1.78. The number of ether oxygens (including phenoxy) is 1. The van der Waals surface area contributed by atoms with Crippen LogP contribution in [0.3, 0.4) is 0 Å². The lowest BCUT2D eigenvalue weighted by atomic mass is 10.5. The van der Waals surface area contributed by atoms with Gasteiger partial charge in [0, 0.05) is 12.3 Å². The molecule has 0 amide bonds. The Bertz CT molecular complexity index is 303. The zero-order valence-electron chi connectivity index (χ0n) is 6.47. The lowest BCUT2D eigenvalue weighted by molar-refractivity contribution is -0.134. The summed E-state index contributed by atoms with van der Waals surface area (Å²) < 4.78 is 5.15. The van der Waals surface area contributed by atoms with E-state index in [2.05, 4.69) is 9.72 Å². The molecule has 0 bridgehead atoms. The molecule has 0 aromatic carbocycles. The first-order valence-corrected chi connectivity index (χ1v) is 3.22. The van der Waals surface area contributed by atoms with Gasteiger partial charge < -0.3 is 9.94 Å². The van der Waals surface area contributed by atoms with Crippen molar-refractivity contribution in [3.8, 4) is 0 Å². The number of rotatable bonds is 2. The van der Waals surface area contributed by atoms with Gasteiger partial charge in [-0.05, 0) is 6.08 Å². The average molecular weight is 168 g/mol. The highest BCUT2D eigenvalue weighted by atomic mass is 16.5. The van der Waals surface area contributed by atoms with Crippen molar-refractivity contribution in [2.75, 3.05) is 7.11 Å². The summed E-state index contributed by atoms with van der Waals surface area (Å²) in [5.74, 6) is -0.210. The van der Waals surface area contributed by atoms with Gasteiger partial charge in [-0.15, -0.1) is 0 Å². The molecule has 12 heavy (non-hydrogen) atoms. The number of imidazole rings is 1. The summed E-state index contributed by atoms with van der Waals surface area (Å²) in [6.07, 6.45) is 5.30. The lowest BCUT2D eigenvalue weighted by Gasteiger charge is -1.91. The summed E-state index contributed by atoms with van der Waals surface area (Å²) in [6.45, 7) is 0. The van der Waals surface area contributed by atoms with E-state index in [9.17, 15) is 4.79 Å². The molecular weight excluding hydrogens is 160 g/mol. The summed E-state index contributed by atoms with van der Waals surface area (Å²) in [5, 5.41) is 8.99. The van der Waals surface area contributed by atoms with Crippen LogP contribution in [0, 0.1) is 0 Å². The number of carbonyl (C=O) groups excluding carboxylic acids is 1. The van der Waals surface area contributed by atoms with E-state index in [1.54, 1.807) is 0 Å². The Morgan fingerprint density at radius 2 is 2.58 bits per heavy atom. The number of hydrogen-bond acceptors (Lipinski definition) is 4. The predicted octanol–water partition coefficient (Wildman–Crippen LogP) is 0.307. The minimum Gasteiger partial charge on any atom is -0.466 e. The topological polar surface area (TPSA) is 64.3 Å². The second-order valence-electron chi connectivity index (χ2n) is 1.99. The fourth-order valence-corrected chi connectivity index (χ4v) is 0.638. The first-order valence-electron chi connectivity index (χ1n) is 3.22. The third kappa shape index (κ3) is 1.85. The summed E-state index contributed by atoms with van der Waals surface area (Å²) in [7, 11) is 1.28. The SMILES string of the molecule is COC(=O)/C=C/c1nccn1O. The Morgan fingerprint density at radius 1 is 1.83 bits per heavy atom. The number of nitrogens with zero attached hydrogens (tertiary/aromatic N) is 2. The Balaban J connectivity index is 2.69. The molecule has 0 fully saturated rings. The number of carbonyl (C=O) groups is 1. The van der Waals surface area contributed by atoms with Crippen LogP contribution in [-0.2, 0) is 9.53 Å². The molecule has 0 radical (unpaired) electrons.